The van der Waals surface area contributed by atoms with E-state index in [1.54, 1.807) is 12.3 Å². The van der Waals surface area contributed by atoms with E-state index in [-0.39, 0.29) is 5.02 Å². The van der Waals surface area contributed by atoms with E-state index in [0.29, 0.717) is 11.5 Å². The lowest BCUT2D eigenvalue weighted by atomic mass is 9.97. The molecule has 1 aliphatic rings. The quantitative estimate of drug-likeness (QED) is 0.636. The van der Waals surface area contributed by atoms with Crippen molar-refractivity contribution in [3.8, 4) is 16.9 Å². The predicted octanol–water partition coefficient (Wildman–Crippen LogP) is 5.15. The van der Waals surface area contributed by atoms with Crippen molar-refractivity contribution in [3.05, 3.63) is 53.4 Å². The summed E-state index contributed by atoms with van der Waals surface area (Å²) in [7, 11) is 2.17. The van der Waals surface area contributed by atoms with Crippen LogP contribution in [0.3, 0.4) is 0 Å². The second-order valence-electron chi connectivity index (χ2n) is 7.51. The maximum Gasteiger partial charge on any atom is 0.170 e. The van der Waals surface area contributed by atoms with Gasteiger partial charge >= 0.3 is 0 Å². The number of anilines is 1. The Hall–Kier alpha value is -2.37. The topological polar surface area (TPSA) is 48.4 Å². The van der Waals surface area contributed by atoms with E-state index in [1.165, 1.54) is 18.9 Å². The number of aromatic nitrogens is 1. The molecular weight excluding hydrogens is 377 g/mol. The maximum absolute atomic E-state index is 13.9. The van der Waals surface area contributed by atoms with Crippen molar-refractivity contribution in [1.29, 1.82) is 0 Å². The zero-order chi connectivity index (χ0) is 19.7. The molecule has 1 aliphatic heterocycles. The number of phenolic OH excluding ortho intramolecular Hbond substituents is 1. The monoisotopic (exact) mass is 399 g/mol. The Balaban J connectivity index is 1.62. The van der Waals surface area contributed by atoms with Gasteiger partial charge in [-0.05, 0) is 80.4 Å². The van der Waals surface area contributed by atoms with Crippen molar-refractivity contribution < 1.29 is 9.50 Å². The van der Waals surface area contributed by atoms with Crippen LogP contribution in [0.2, 0.25) is 5.02 Å². The minimum atomic E-state index is -0.727. The first kappa shape index (κ1) is 19.0. The largest absolute Gasteiger partial charge is 0.504 e. The van der Waals surface area contributed by atoms with Crippen LogP contribution in [0, 0.1) is 11.7 Å². The van der Waals surface area contributed by atoms with Gasteiger partial charge in [-0.3, -0.25) is 4.98 Å². The molecule has 2 aromatic carbocycles. The summed E-state index contributed by atoms with van der Waals surface area (Å²) in [4.78, 5) is 6.81. The second-order valence-corrected chi connectivity index (χ2v) is 7.91. The van der Waals surface area contributed by atoms with Crippen LogP contribution in [0.5, 0.6) is 5.75 Å². The molecule has 0 radical (unpaired) electrons. The normalized spacial score (nSPS) is 15.8. The molecule has 6 heteroatoms. The molecule has 2 N–H and O–H groups in total. The van der Waals surface area contributed by atoms with Crippen molar-refractivity contribution in [2.24, 2.45) is 5.92 Å². The summed E-state index contributed by atoms with van der Waals surface area (Å²) in [5.41, 5.74) is 3.34. The Kier molecular flexibility index (Phi) is 5.38. The Bertz CT molecular complexity index is 979. The lowest BCUT2D eigenvalue weighted by molar-refractivity contribution is 0.226. The van der Waals surface area contributed by atoms with Gasteiger partial charge in [0.05, 0.1) is 10.5 Å². The Morgan fingerprint density at radius 1 is 1.18 bits per heavy atom. The molecule has 0 bridgehead atoms. The second kappa shape index (κ2) is 7.94. The number of hydrogen-bond donors (Lipinski definition) is 2. The van der Waals surface area contributed by atoms with Crippen molar-refractivity contribution in [2.75, 3.05) is 32.0 Å². The summed E-state index contributed by atoms with van der Waals surface area (Å²) in [6, 6.07) is 10.6. The van der Waals surface area contributed by atoms with Gasteiger partial charge in [-0.15, -0.1) is 0 Å². The number of halogens is 2. The molecule has 28 heavy (non-hydrogen) atoms. The highest BCUT2D eigenvalue weighted by Crippen LogP contribution is 2.34. The fourth-order valence-corrected chi connectivity index (χ4v) is 3.94. The van der Waals surface area contributed by atoms with Crippen molar-refractivity contribution in [3.63, 3.8) is 0 Å². The molecule has 0 spiro atoms. The SMILES string of the molecule is CN1CCC(CNc2ccnc3ccc(-c4cc(F)c(O)c(Cl)c4)cc23)CC1. The molecule has 146 valence electrons. The number of piperidine rings is 1. The first-order valence-corrected chi connectivity index (χ1v) is 9.88. The van der Waals surface area contributed by atoms with Gasteiger partial charge in [0.1, 0.15) is 0 Å². The van der Waals surface area contributed by atoms with Crippen LogP contribution in [-0.4, -0.2) is 41.7 Å². The van der Waals surface area contributed by atoms with E-state index in [2.05, 4.69) is 22.2 Å². The summed E-state index contributed by atoms with van der Waals surface area (Å²) in [6.07, 6.45) is 4.20. The third kappa shape index (κ3) is 3.91. The van der Waals surface area contributed by atoms with Crippen LogP contribution < -0.4 is 5.32 Å². The molecule has 2 heterocycles. The highest BCUT2D eigenvalue weighted by Gasteiger charge is 2.17. The number of rotatable bonds is 4. The number of pyridine rings is 1. The van der Waals surface area contributed by atoms with Gasteiger partial charge < -0.3 is 15.3 Å². The molecule has 1 aromatic heterocycles. The molecule has 0 atom stereocenters. The Labute approximate surface area is 169 Å². The van der Waals surface area contributed by atoms with E-state index < -0.39 is 11.6 Å². The van der Waals surface area contributed by atoms with Gasteiger partial charge in [0.2, 0.25) is 0 Å². The summed E-state index contributed by atoms with van der Waals surface area (Å²) in [6.45, 7) is 3.21. The fraction of sp³-hybridized carbons (Fsp3) is 0.318. The van der Waals surface area contributed by atoms with Crippen LogP contribution in [0.25, 0.3) is 22.0 Å². The number of aromatic hydroxyl groups is 1. The first-order chi connectivity index (χ1) is 13.5. The van der Waals surface area contributed by atoms with E-state index in [9.17, 15) is 9.50 Å². The third-order valence-corrected chi connectivity index (χ3v) is 5.80. The predicted molar refractivity (Wildman–Crippen MR) is 113 cm³/mol. The van der Waals surface area contributed by atoms with Gasteiger partial charge in [-0.2, -0.15) is 0 Å². The molecule has 1 fully saturated rings. The third-order valence-electron chi connectivity index (χ3n) is 5.51. The number of hydrogen-bond acceptors (Lipinski definition) is 4. The first-order valence-electron chi connectivity index (χ1n) is 9.51. The van der Waals surface area contributed by atoms with Gasteiger partial charge in [0.15, 0.2) is 11.6 Å². The lowest BCUT2D eigenvalue weighted by Crippen LogP contribution is -2.32. The molecular formula is C22H23ClFN3O. The lowest BCUT2D eigenvalue weighted by Gasteiger charge is -2.29. The van der Waals surface area contributed by atoms with E-state index >= 15 is 0 Å². The number of nitrogens with zero attached hydrogens (tertiary/aromatic N) is 2. The molecule has 0 amide bonds. The zero-order valence-electron chi connectivity index (χ0n) is 15.8. The van der Waals surface area contributed by atoms with Crippen LogP contribution in [-0.2, 0) is 0 Å². The van der Waals surface area contributed by atoms with Crippen molar-refractivity contribution in [1.82, 2.24) is 9.88 Å². The molecule has 0 saturated carbocycles. The van der Waals surface area contributed by atoms with Crippen LogP contribution >= 0.6 is 11.6 Å². The zero-order valence-corrected chi connectivity index (χ0v) is 16.5. The number of phenols is 1. The minimum absolute atomic E-state index is 0.00176. The average Bonchev–Trinajstić information content (AvgIpc) is 2.71. The highest BCUT2D eigenvalue weighted by molar-refractivity contribution is 6.32. The van der Waals surface area contributed by atoms with Crippen LogP contribution in [0.15, 0.2) is 42.6 Å². The highest BCUT2D eigenvalue weighted by atomic mass is 35.5. The summed E-state index contributed by atoms with van der Waals surface area (Å²) < 4.78 is 13.9. The van der Waals surface area contributed by atoms with Crippen molar-refractivity contribution >= 4 is 28.2 Å². The minimum Gasteiger partial charge on any atom is -0.504 e. The number of nitrogens with one attached hydrogen (secondary N) is 1. The molecule has 0 aliphatic carbocycles. The van der Waals surface area contributed by atoms with Gasteiger partial charge in [-0.25, -0.2) is 4.39 Å². The standard InChI is InChI=1S/C22H23ClFN3O/c1-27-8-5-14(6-9-27)13-26-21-4-7-25-20-3-2-15(10-17(20)21)16-11-18(23)22(28)19(24)12-16/h2-4,7,10-12,14,28H,5-6,8-9,13H2,1H3,(H,25,26). The van der Waals surface area contributed by atoms with Crippen LogP contribution in [0.1, 0.15) is 12.8 Å². The molecule has 1 saturated heterocycles. The number of benzene rings is 2. The molecule has 0 unspecified atom stereocenters. The summed E-state index contributed by atoms with van der Waals surface area (Å²) in [5.74, 6) is -0.588. The smallest absolute Gasteiger partial charge is 0.170 e. The van der Waals surface area contributed by atoms with Gasteiger partial charge in [-0.1, -0.05) is 17.7 Å². The van der Waals surface area contributed by atoms with E-state index in [1.807, 2.05) is 24.3 Å². The van der Waals surface area contributed by atoms with Crippen LogP contribution in [0.4, 0.5) is 10.1 Å². The van der Waals surface area contributed by atoms with Gasteiger partial charge in [0, 0.05) is 23.8 Å². The number of fused-ring (bicyclic) bond motifs is 1. The Morgan fingerprint density at radius 2 is 1.96 bits per heavy atom. The van der Waals surface area contributed by atoms with Gasteiger partial charge in [0.25, 0.3) is 0 Å². The maximum atomic E-state index is 13.9. The van der Waals surface area contributed by atoms with E-state index in [0.717, 1.165) is 41.8 Å². The number of likely N-dealkylation sites (tertiary alicyclic amines) is 1. The molecule has 4 rings (SSSR count). The Morgan fingerprint density at radius 3 is 2.71 bits per heavy atom. The summed E-state index contributed by atoms with van der Waals surface area (Å²) >= 11 is 5.95. The van der Waals surface area contributed by atoms with Crippen molar-refractivity contribution in [2.45, 2.75) is 12.8 Å². The molecule has 4 nitrogen and oxygen atoms in total. The summed E-state index contributed by atoms with van der Waals surface area (Å²) in [5, 5.41) is 14.1. The average molecular weight is 400 g/mol. The van der Waals surface area contributed by atoms with E-state index in [4.69, 9.17) is 11.6 Å². The molecule has 3 aromatic rings. The fourth-order valence-electron chi connectivity index (χ4n) is 3.73.